The monoisotopic (exact) mass is 249 g/mol. The smallest absolute Gasteiger partial charge is 0.312 e. The van der Waals surface area contributed by atoms with Crippen LogP contribution in [0.25, 0.3) is 0 Å². The van der Waals surface area contributed by atoms with E-state index in [1.54, 1.807) is 4.90 Å². The molecular weight excluding hydrogens is 230 g/mol. The number of hydrogen-bond acceptors (Lipinski definition) is 2. The fourth-order valence-electron chi connectivity index (χ4n) is 1.72. The molecule has 0 atom stereocenters. The second-order valence-electron chi connectivity index (χ2n) is 4.37. The maximum Gasteiger partial charge on any atom is 0.312 e. The molecule has 1 aromatic carbocycles. The van der Waals surface area contributed by atoms with Crippen molar-refractivity contribution in [1.29, 1.82) is 0 Å². The average molecular weight is 249 g/mol. The molecule has 4 nitrogen and oxygen atoms in total. The van der Waals surface area contributed by atoms with E-state index in [2.05, 4.69) is 0 Å². The summed E-state index contributed by atoms with van der Waals surface area (Å²) in [7, 11) is 0. The van der Waals surface area contributed by atoms with E-state index in [4.69, 9.17) is 5.11 Å². The number of aliphatic carboxylic acids is 1. The summed E-state index contributed by atoms with van der Waals surface area (Å²) >= 11 is 0. The van der Waals surface area contributed by atoms with Crippen LogP contribution in [0.1, 0.15) is 30.9 Å². The highest BCUT2D eigenvalue weighted by Crippen LogP contribution is 2.09. The zero-order valence-corrected chi connectivity index (χ0v) is 10.8. The molecule has 0 aliphatic carbocycles. The van der Waals surface area contributed by atoms with Crippen molar-refractivity contribution in [3.63, 3.8) is 0 Å². The SMILES string of the molecule is CCCN(Cc1ccc(C)cc1)C(=O)CC(=O)O. The molecule has 18 heavy (non-hydrogen) atoms. The number of nitrogens with zero attached hydrogens (tertiary/aromatic N) is 1. The predicted molar refractivity (Wildman–Crippen MR) is 69.1 cm³/mol. The molecule has 0 bridgehead atoms. The highest BCUT2D eigenvalue weighted by Gasteiger charge is 2.16. The Hall–Kier alpha value is -1.84. The molecule has 0 unspecified atom stereocenters. The van der Waals surface area contributed by atoms with Gasteiger partial charge in [0.1, 0.15) is 6.42 Å². The molecule has 0 aliphatic rings. The van der Waals surface area contributed by atoms with Gasteiger partial charge >= 0.3 is 5.97 Å². The molecule has 1 rings (SSSR count). The summed E-state index contributed by atoms with van der Waals surface area (Å²) in [6, 6.07) is 7.90. The van der Waals surface area contributed by atoms with Gasteiger partial charge in [-0.15, -0.1) is 0 Å². The fourth-order valence-corrected chi connectivity index (χ4v) is 1.72. The summed E-state index contributed by atoms with van der Waals surface area (Å²) in [5.41, 5.74) is 2.19. The van der Waals surface area contributed by atoms with E-state index in [1.165, 1.54) is 0 Å². The second kappa shape index (κ2) is 6.79. The number of carbonyl (C=O) groups excluding carboxylic acids is 1. The molecule has 0 heterocycles. The van der Waals surface area contributed by atoms with Crippen molar-refractivity contribution in [3.05, 3.63) is 35.4 Å². The van der Waals surface area contributed by atoms with Crippen LogP contribution < -0.4 is 0 Å². The maximum absolute atomic E-state index is 11.8. The second-order valence-corrected chi connectivity index (χ2v) is 4.37. The highest BCUT2D eigenvalue weighted by atomic mass is 16.4. The molecule has 0 saturated heterocycles. The number of aryl methyl sites for hydroxylation is 1. The topological polar surface area (TPSA) is 57.6 Å². The van der Waals surface area contributed by atoms with Gasteiger partial charge in [0.2, 0.25) is 5.91 Å². The molecule has 4 heteroatoms. The average Bonchev–Trinajstić information content (AvgIpc) is 2.30. The van der Waals surface area contributed by atoms with Crippen LogP contribution in [0.2, 0.25) is 0 Å². The Bertz CT molecular complexity index is 412. The van der Waals surface area contributed by atoms with Gasteiger partial charge in [-0.25, -0.2) is 0 Å². The van der Waals surface area contributed by atoms with Crippen LogP contribution in [0.5, 0.6) is 0 Å². The van der Waals surface area contributed by atoms with Gasteiger partial charge in [0.05, 0.1) is 0 Å². The molecule has 1 amide bonds. The molecule has 0 spiro atoms. The number of rotatable bonds is 6. The third-order valence-corrected chi connectivity index (χ3v) is 2.64. The predicted octanol–water partition coefficient (Wildman–Crippen LogP) is 2.21. The fraction of sp³-hybridized carbons (Fsp3) is 0.429. The van der Waals surface area contributed by atoms with Crippen LogP contribution in [0.4, 0.5) is 0 Å². The van der Waals surface area contributed by atoms with E-state index in [0.717, 1.165) is 17.5 Å². The minimum Gasteiger partial charge on any atom is -0.481 e. The van der Waals surface area contributed by atoms with Gasteiger partial charge in [-0.2, -0.15) is 0 Å². The molecule has 1 aromatic rings. The number of carboxylic acid groups (broad SMARTS) is 1. The van der Waals surface area contributed by atoms with Crippen molar-refractivity contribution in [1.82, 2.24) is 4.90 Å². The van der Waals surface area contributed by atoms with Crippen molar-refractivity contribution in [2.24, 2.45) is 0 Å². The molecule has 0 saturated carbocycles. The molecule has 98 valence electrons. The Labute approximate surface area is 107 Å². The van der Waals surface area contributed by atoms with Gasteiger partial charge < -0.3 is 10.0 Å². The zero-order chi connectivity index (χ0) is 13.5. The summed E-state index contributed by atoms with van der Waals surface area (Å²) in [5, 5.41) is 8.66. The van der Waals surface area contributed by atoms with Crippen molar-refractivity contribution in [3.8, 4) is 0 Å². The van der Waals surface area contributed by atoms with Crippen LogP contribution >= 0.6 is 0 Å². The van der Waals surface area contributed by atoms with Crippen LogP contribution in [0, 0.1) is 6.92 Å². The molecule has 1 N–H and O–H groups in total. The van der Waals surface area contributed by atoms with E-state index in [-0.39, 0.29) is 5.91 Å². The summed E-state index contributed by atoms with van der Waals surface area (Å²) in [6.45, 7) is 5.03. The van der Waals surface area contributed by atoms with Gasteiger partial charge in [0.25, 0.3) is 0 Å². The molecular formula is C14H19NO3. The molecule has 0 aliphatic heterocycles. The lowest BCUT2D eigenvalue weighted by atomic mass is 10.1. The number of carbonyl (C=O) groups is 2. The lowest BCUT2D eigenvalue weighted by Crippen LogP contribution is -2.32. The lowest BCUT2D eigenvalue weighted by Gasteiger charge is -2.21. The van der Waals surface area contributed by atoms with Gasteiger partial charge in [-0.1, -0.05) is 36.8 Å². The van der Waals surface area contributed by atoms with E-state index in [0.29, 0.717) is 13.1 Å². The molecule has 0 aromatic heterocycles. The van der Waals surface area contributed by atoms with E-state index < -0.39 is 12.4 Å². The molecule has 0 fully saturated rings. The largest absolute Gasteiger partial charge is 0.481 e. The minimum atomic E-state index is -1.08. The van der Waals surface area contributed by atoms with Gasteiger partial charge in [0, 0.05) is 13.1 Å². The standard InChI is InChI=1S/C14H19NO3/c1-3-8-15(13(16)9-14(17)18)10-12-6-4-11(2)5-7-12/h4-7H,3,8-10H2,1-2H3,(H,17,18). The van der Waals surface area contributed by atoms with Crippen LogP contribution in [0.3, 0.4) is 0 Å². The summed E-state index contributed by atoms with van der Waals surface area (Å²) in [5.74, 6) is -1.41. The number of amides is 1. The minimum absolute atomic E-state index is 0.329. The number of benzene rings is 1. The van der Waals surface area contributed by atoms with Crippen molar-refractivity contribution in [2.45, 2.75) is 33.2 Å². The van der Waals surface area contributed by atoms with E-state index in [9.17, 15) is 9.59 Å². The summed E-state index contributed by atoms with van der Waals surface area (Å²) < 4.78 is 0. The van der Waals surface area contributed by atoms with Crippen LogP contribution in [-0.2, 0) is 16.1 Å². The van der Waals surface area contributed by atoms with Gasteiger partial charge in [0.15, 0.2) is 0 Å². The Morgan fingerprint density at radius 2 is 1.83 bits per heavy atom. The maximum atomic E-state index is 11.8. The van der Waals surface area contributed by atoms with Crippen LogP contribution in [0.15, 0.2) is 24.3 Å². The quantitative estimate of drug-likeness (QED) is 0.786. The highest BCUT2D eigenvalue weighted by molar-refractivity contribution is 5.93. The lowest BCUT2D eigenvalue weighted by molar-refractivity contribution is -0.144. The first-order chi connectivity index (χ1) is 8.52. The first kappa shape index (κ1) is 14.2. The van der Waals surface area contributed by atoms with Crippen LogP contribution in [-0.4, -0.2) is 28.4 Å². The number of carboxylic acids is 1. The zero-order valence-electron chi connectivity index (χ0n) is 10.8. The third-order valence-electron chi connectivity index (χ3n) is 2.64. The Balaban J connectivity index is 2.70. The van der Waals surface area contributed by atoms with E-state index >= 15 is 0 Å². The molecule has 0 radical (unpaired) electrons. The van der Waals surface area contributed by atoms with E-state index in [1.807, 2.05) is 38.1 Å². The Morgan fingerprint density at radius 3 is 2.33 bits per heavy atom. The van der Waals surface area contributed by atoms with Gasteiger partial charge in [-0.05, 0) is 18.9 Å². The Morgan fingerprint density at radius 1 is 1.22 bits per heavy atom. The summed E-state index contributed by atoms with van der Waals surface area (Å²) in [6.07, 6.45) is 0.378. The van der Waals surface area contributed by atoms with Gasteiger partial charge in [-0.3, -0.25) is 9.59 Å². The first-order valence-electron chi connectivity index (χ1n) is 6.08. The first-order valence-corrected chi connectivity index (χ1v) is 6.08. The summed E-state index contributed by atoms with van der Waals surface area (Å²) in [4.78, 5) is 23.9. The van der Waals surface area contributed by atoms with Crippen molar-refractivity contribution < 1.29 is 14.7 Å². The third kappa shape index (κ3) is 4.57. The Kier molecular flexibility index (Phi) is 5.36. The van der Waals surface area contributed by atoms with Crippen molar-refractivity contribution in [2.75, 3.05) is 6.54 Å². The number of hydrogen-bond donors (Lipinski definition) is 1. The van der Waals surface area contributed by atoms with Crippen molar-refractivity contribution >= 4 is 11.9 Å². The normalized spacial score (nSPS) is 10.1.